The molecule has 1 unspecified atom stereocenters. The van der Waals surface area contributed by atoms with Crippen LogP contribution in [0, 0.1) is 0 Å². The van der Waals surface area contributed by atoms with Crippen molar-refractivity contribution in [3.05, 3.63) is 22.2 Å². The summed E-state index contributed by atoms with van der Waals surface area (Å²) < 4.78 is 5.67. The van der Waals surface area contributed by atoms with Crippen LogP contribution in [0.1, 0.15) is 32.0 Å². The zero-order valence-electron chi connectivity index (χ0n) is 8.75. The van der Waals surface area contributed by atoms with Crippen molar-refractivity contribution in [2.75, 3.05) is 12.3 Å². The van der Waals surface area contributed by atoms with Gasteiger partial charge >= 0.3 is 0 Å². The number of aromatic nitrogens is 2. The molecule has 1 aromatic rings. The third-order valence-corrected chi connectivity index (χ3v) is 2.73. The zero-order chi connectivity index (χ0) is 10.9. The number of nitrogens with two attached hydrogens (primary N) is 1. The van der Waals surface area contributed by atoms with E-state index < -0.39 is 5.60 Å². The van der Waals surface area contributed by atoms with E-state index in [1.54, 1.807) is 0 Å². The van der Waals surface area contributed by atoms with Gasteiger partial charge in [-0.05, 0) is 26.2 Å². The lowest BCUT2D eigenvalue weighted by atomic mass is 9.95. The number of hydrogen-bond donors (Lipinski definition) is 2. The van der Waals surface area contributed by atoms with E-state index in [4.69, 9.17) is 10.5 Å². The number of aromatic amines is 1. The van der Waals surface area contributed by atoms with Crippen molar-refractivity contribution in [2.45, 2.75) is 31.8 Å². The predicted molar refractivity (Wildman–Crippen MR) is 56.4 cm³/mol. The second-order valence-corrected chi connectivity index (χ2v) is 4.06. The molecule has 0 bridgehead atoms. The van der Waals surface area contributed by atoms with Crippen molar-refractivity contribution < 1.29 is 4.74 Å². The predicted octanol–water partition coefficient (Wildman–Crippen LogP) is 0.768. The van der Waals surface area contributed by atoms with Crippen LogP contribution >= 0.6 is 0 Å². The van der Waals surface area contributed by atoms with E-state index in [0.29, 0.717) is 12.4 Å². The lowest BCUT2D eigenvalue weighted by molar-refractivity contribution is -0.0761. The Balaban J connectivity index is 2.38. The lowest BCUT2D eigenvalue weighted by Gasteiger charge is -2.32. The highest BCUT2D eigenvalue weighted by Crippen LogP contribution is 2.31. The average Bonchev–Trinajstić information content (AvgIpc) is 2.17. The van der Waals surface area contributed by atoms with Crippen LogP contribution < -0.4 is 11.3 Å². The van der Waals surface area contributed by atoms with Gasteiger partial charge < -0.3 is 15.5 Å². The molecule has 1 aromatic heterocycles. The van der Waals surface area contributed by atoms with Crippen LogP contribution in [0.15, 0.2) is 10.9 Å². The van der Waals surface area contributed by atoms with Gasteiger partial charge in [-0.25, -0.2) is 4.98 Å². The molecule has 0 radical (unpaired) electrons. The highest BCUT2D eigenvalue weighted by atomic mass is 16.5. The first kappa shape index (κ1) is 10.2. The monoisotopic (exact) mass is 209 g/mol. The van der Waals surface area contributed by atoms with Crippen molar-refractivity contribution in [2.24, 2.45) is 0 Å². The summed E-state index contributed by atoms with van der Waals surface area (Å²) in [7, 11) is 0. The first-order chi connectivity index (χ1) is 7.10. The topological polar surface area (TPSA) is 81.0 Å². The summed E-state index contributed by atoms with van der Waals surface area (Å²) in [6.07, 6.45) is 3.00. The molecule has 1 fully saturated rings. The van der Waals surface area contributed by atoms with Crippen LogP contribution in [0.3, 0.4) is 0 Å². The number of ether oxygens (including phenoxy) is 1. The number of nitrogen functional groups attached to an aromatic ring is 1. The minimum atomic E-state index is -0.493. The molecule has 1 saturated heterocycles. The molecule has 2 heterocycles. The molecule has 0 amide bonds. The van der Waals surface area contributed by atoms with Gasteiger partial charge in [0, 0.05) is 12.7 Å². The molecule has 0 saturated carbocycles. The summed E-state index contributed by atoms with van der Waals surface area (Å²) in [4.78, 5) is 18.1. The summed E-state index contributed by atoms with van der Waals surface area (Å²) >= 11 is 0. The SMILES string of the molecule is CC1(c2nc(N)cc(=O)[nH]2)CCCCO1. The van der Waals surface area contributed by atoms with Crippen LogP contribution in [-0.4, -0.2) is 16.6 Å². The van der Waals surface area contributed by atoms with E-state index in [9.17, 15) is 4.79 Å². The third-order valence-electron chi connectivity index (χ3n) is 2.73. The molecule has 1 atom stereocenters. The van der Waals surface area contributed by atoms with Crippen LogP contribution in [-0.2, 0) is 10.3 Å². The van der Waals surface area contributed by atoms with E-state index in [2.05, 4.69) is 9.97 Å². The van der Waals surface area contributed by atoms with Crippen molar-refractivity contribution in [1.82, 2.24) is 9.97 Å². The Morgan fingerprint density at radius 1 is 1.60 bits per heavy atom. The van der Waals surface area contributed by atoms with Gasteiger partial charge in [0.15, 0.2) is 0 Å². The quantitative estimate of drug-likeness (QED) is 0.715. The van der Waals surface area contributed by atoms with Gasteiger partial charge in [-0.15, -0.1) is 0 Å². The molecule has 1 aliphatic rings. The van der Waals surface area contributed by atoms with E-state index in [-0.39, 0.29) is 11.4 Å². The Bertz CT molecular complexity index is 407. The Morgan fingerprint density at radius 2 is 2.40 bits per heavy atom. The Hall–Kier alpha value is -1.36. The van der Waals surface area contributed by atoms with Gasteiger partial charge in [-0.2, -0.15) is 0 Å². The number of nitrogens with zero attached hydrogens (tertiary/aromatic N) is 1. The van der Waals surface area contributed by atoms with E-state index in [1.807, 2.05) is 6.92 Å². The van der Waals surface area contributed by atoms with Crippen LogP contribution in [0.4, 0.5) is 5.82 Å². The highest BCUT2D eigenvalue weighted by molar-refractivity contribution is 5.26. The maximum absolute atomic E-state index is 11.3. The molecular weight excluding hydrogens is 194 g/mol. The van der Waals surface area contributed by atoms with Crippen molar-refractivity contribution in [3.63, 3.8) is 0 Å². The summed E-state index contributed by atoms with van der Waals surface area (Å²) in [5.41, 5.74) is 4.82. The van der Waals surface area contributed by atoms with Gasteiger partial charge in [0.2, 0.25) is 0 Å². The zero-order valence-corrected chi connectivity index (χ0v) is 8.75. The number of hydrogen-bond acceptors (Lipinski definition) is 4. The number of H-pyrrole nitrogens is 1. The van der Waals surface area contributed by atoms with Crippen LogP contribution in [0.5, 0.6) is 0 Å². The maximum Gasteiger partial charge on any atom is 0.253 e. The normalized spacial score (nSPS) is 26.5. The third kappa shape index (κ3) is 2.02. The van der Waals surface area contributed by atoms with Gasteiger partial charge in [0.25, 0.3) is 5.56 Å². The van der Waals surface area contributed by atoms with Gasteiger partial charge in [0.1, 0.15) is 17.2 Å². The Morgan fingerprint density at radius 3 is 3.00 bits per heavy atom. The second kappa shape index (κ2) is 3.66. The molecular formula is C10H15N3O2. The molecule has 3 N–H and O–H groups in total. The Kier molecular flexibility index (Phi) is 2.48. The highest BCUT2D eigenvalue weighted by Gasteiger charge is 2.32. The smallest absolute Gasteiger partial charge is 0.253 e. The van der Waals surface area contributed by atoms with Crippen molar-refractivity contribution in [1.29, 1.82) is 0 Å². The Labute approximate surface area is 87.7 Å². The minimum Gasteiger partial charge on any atom is -0.383 e. The summed E-state index contributed by atoms with van der Waals surface area (Å²) in [5.74, 6) is 0.774. The molecule has 2 rings (SSSR count). The van der Waals surface area contributed by atoms with Gasteiger partial charge in [0.05, 0.1) is 0 Å². The van der Waals surface area contributed by atoms with Crippen molar-refractivity contribution >= 4 is 5.82 Å². The fourth-order valence-electron chi connectivity index (χ4n) is 1.85. The maximum atomic E-state index is 11.3. The van der Waals surface area contributed by atoms with Crippen molar-refractivity contribution in [3.8, 4) is 0 Å². The fourth-order valence-corrected chi connectivity index (χ4v) is 1.85. The average molecular weight is 209 g/mol. The number of anilines is 1. The molecule has 0 spiro atoms. The summed E-state index contributed by atoms with van der Waals surface area (Å²) in [5, 5.41) is 0. The molecule has 0 aromatic carbocycles. The standard InChI is InChI=1S/C10H15N3O2/c1-10(4-2-3-5-15-10)9-12-7(11)6-8(14)13-9/h6H,2-5H2,1H3,(H3,11,12,13,14). The van der Waals surface area contributed by atoms with E-state index in [0.717, 1.165) is 19.3 Å². The molecule has 15 heavy (non-hydrogen) atoms. The first-order valence-electron chi connectivity index (χ1n) is 5.11. The van der Waals surface area contributed by atoms with Gasteiger partial charge in [-0.1, -0.05) is 0 Å². The molecule has 1 aliphatic heterocycles. The lowest BCUT2D eigenvalue weighted by Crippen LogP contribution is -2.34. The molecule has 5 nitrogen and oxygen atoms in total. The summed E-state index contributed by atoms with van der Waals surface area (Å²) in [6, 6.07) is 1.27. The number of rotatable bonds is 1. The number of nitrogens with one attached hydrogen (secondary N) is 1. The largest absolute Gasteiger partial charge is 0.383 e. The second-order valence-electron chi connectivity index (χ2n) is 4.06. The summed E-state index contributed by atoms with van der Waals surface area (Å²) in [6.45, 7) is 2.64. The molecule has 5 heteroatoms. The first-order valence-corrected chi connectivity index (χ1v) is 5.11. The molecule has 82 valence electrons. The van der Waals surface area contributed by atoms with Crippen LogP contribution in [0.2, 0.25) is 0 Å². The van der Waals surface area contributed by atoms with E-state index in [1.165, 1.54) is 6.07 Å². The molecule has 0 aliphatic carbocycles. The van der Waals surface area contributed by atoms with Gasteiger partial charge in [-0.3, -0.25) is 4.79 Å². The van der Waals surface area contributed by atoms with Crippen LogP contribution in [0.25, 0.3) is 0 Å². The fraction of sp³-hybridized carbons (Fsp3) is 0.600. The van der Waals surface area contributed by atoms with E-state index >= 15 is 0 Å². The minimum absolute atomic E-state index is 0.229.